The van der Waals surface area contributed by atoms with Gasteiger partial charge in [-0.3, -0.25) is 4.79 Å². The van der Waals surface area contributed by atoms with Crippen LogP contribution in [0.2, 0.25) is 0 Å². The highest BCUT2D eigenvalue weighted by atomic mass is 16.5. The Balaban J connectivity index is 2.12. The molecule has 0 aliphatic rings. The van der Waals surface area contributed by atoms with E-state index in [0.717, 1.165) is 22.6 Å². The minimum Gasteiger partial charge on any atom is -0.497 e. The standard InChI is InChI=1S/C18H21NO2/c1-13-8-9-15(10-14(13)2)18(20)12-19(3)16-6-5-7-17(11-16)21-4/h5-11H,12H2,1-4H3. The monoisotopic (exact) mass is 283 g/mol. The number of nitrogens with zero attached hydrogens (tertiary/aromatic N) is 1. The number of ether oxygens (including phenoxy) is 1. The third-order valence-electron chi connectivity index (χ3n) is 3.70. The largest absolute Gasteiger partial charge is 0.497 e. The molecule has 3 nitrogen and oxygen atoms in total. The van der Waals surface area contributed by atoms with Crippen LogP contribution in [-0.2, 0) is 0 Å². The van der Waals surface area contributed by atoms with Crippen molar-refractivity contribution < 1.29 is 9.53 Å². The second-order valence-corrected chi connectivity index (χ2v) is 5.28. The van der Waals surface area contributed by atoms with Gasteiger partial charge >= 0.3 is 0 Å². The number of Topliss-reactive ketones (excluding diaryl/α,β-unsaturated/α-hetero) is 1. The first-order chi connectivity index (χ1) is 10.0. The van der Waals surface area contributed by atoms with E-state index in [1.807, 2.05) is 68.3 Å². The van der Waals surface area contributed by atoms with Gasteiger partial charge in [0.1, 0.15) is 5.75 Å². The molecule has 0 bridgehead atoms. The summed E-state index contributed by atoms with van der Waals surface area (Å²) in [7, 11) is 3.55. The van der Waals surface area contributed by atoms with Crippen molar-refractivity contribution in [3.05, 3.63) is 59.2 Å². The molecule has 0 aromatic heterocycles. The first-order valence-corrected chi connectivity index (χ1v) is 6.97. The van der Waals surface area contributed by atoms with Gasteiger partial charge in [-0.05, 0) is 43.2 Å². The van der Waals surface area contributed by atoms with Crippen molar-refractivity contribution in [1.29, 1.82) is 0 Å². The summed E-state index contributed by atoms with van der Waals surface area (Å²) in [6.45, 7) is 4.42. The van der Waals surface area contributed by atoms with Crippen LogP contribution in [0.15, 0.2) is 42.5 Å². The van der Waals surface area contributed by atoms with Crippen LogP contribution in [0.5, 0.6) is 5.75 Å². The average molecular weight is 283 g/mol. The number of ketones is 1. The molecule has 0 amide bonds. The third-order valence-corrected chi connectivity index (χ3v) is 3.70. The molecule has 110 valence electrons. The molecule has 0 heterocycles. The summed E-state index contributed by atoms with van der Waals surface area (Å²) in [5.74, 6) is 0.904. The minimum absolute atomic E-state index is 0.114. The van der Waals surface area contributed by atoms with Crippen LogP contribution in [-0.4, -0.2) is 26.5 Å². The molecule has 2 aromatic rings. The van der Waals surface area contributed by atoms with Gasteiger partial charge in [0.05, 0.1) is 13.7 Å². The lowest BCUT2D eigenvalue weighted by molar-refractivity contribution is 0.1000. The number of aryl methyl sites for hydroxylation is 2. The van der Waals surface area contributed by atoms with Crippen molar-refractivity contribution in [3.8, 4) is 5.75 Å². The van der Waals surface area contributed by atoms with Crippen molar-refractivity contribution >= 4 is 11.5 Å². The van der Waals surface area contributed by atoms with Gasteiger partial charge in [-0.15, -0.1) is 0 Å². The van der Waals surface area contributed by atoms with E-state index in [1.54, 1.807) is 7.11 Å². The summed E-state index contributed by atoms with van der Waals surface area (Å²) < 4.78 is 5.21. The zero-order chi connectivity index (χ0) is 15.4. The molecule has 2 rings (SSSR count). The quantitative estimate of drug-likeness (QED) is 0.785. The highest BCUT2D eigenvalue weighted by molar-refractivity contribution is 5.99. The molecule has 0 aliphatic carbocycles. The van der Waals surface area contributed by atoms with E-state index in [9.17, 15) is 4.79 Å². The Hall–Kier alpha value is -2.29. The SMILES string of the molecule is COc1cccc(N(C)CC(=O)c2ccc(C)c(C)c2)c1. The zero-order valence-corrected chi connectivity index (χ0v) is 13.0. The van der Waals surface area contributed by atoms with Crippen molar-refractivity contribution in [2.24, 2.45) is 0 Å². The number of rotatable bonds is 5. The summed E-state index contributed by atoms with van der Waals surface area (Å²) in [6, 6.07) is 13.5. The first kappa shape index (κ1) is 15.1. The molecule has 3 heteroatoms. The van der Waals surface area contributed by atoms with Gasteiger partial charge in [-0.25, -0.2) is 0 Å². The summed E-state index contributed by atoms with van der Waals surface area (Å²) in [5, 5.41) is 0. The number of benzene rings is 2. The molecule has 0 unspecified atom stereocenters. The minimum atomic E-state index is 0.114. The van der Waals surface area contributed by atoms with Gasteiger partial charge < -0.3 is 9.64 Å². The van der Waals surface area contributed by atoms with Crippen LogP contribution in [0.25, 0.3) is 0 Å². The smallest absolute Gasteiger partial charge is 0.182 e. The molecule has 0 saturated heterocycles. The Bertz CT molecular complexity index is 649. The maximum atomic E-state index is 12.4. The van der Waals surface area contributed by atoms with Crippen molar-refractivity contribution in [3.63, 3.8) is 0 Å². The number of likely N-dealkylation sites (N-methyl/N-ethyl adjacent to an activating group) is 1. The van der Waals surface area contributed by atoms with Crippen molar-refractivity contribution in [2.45, 2.75) is 13.8 Å². The molecular weight excluding hydrogens is 262 g/mol. The fraction of sp³-hybridized carbons (Fsp3) is 0.278. The Morgan fingerprint density at radius 1 is 1.10 bits per heavy atom. The molecule has 0 saturated carbocycles. The number of anilines is 1. The second-order valence-electron chi connectivity index (χ2n) is 5.28. The van der Waals surface area contributed by atoms with E-state index in [-0.39, 0.29) is 5.78 Å². The molecular formula is C18H21NO2. The predicted octanol–water partition coefficient (Wildman–Crippen LogP) is 3.63. The Labute approximate surface area is 126 Å². The summed E-state index contributed by atoms with van der Waals surface area (Å²) in [4.78, 5) is 14.3. The van der Waals surface area contributed by atoms with Gasteiger partial charge in [-0.2, -0.15) is 0 Å². The van der Waals surface area contributed by atoms with Crippen LogP contribution in [0.1, 0.15) is 21.5 Å². The number of methoxy groups -OCH3 is 1. The van der Waals surface area contributed by atoms with Crippen molar-refractivity contribution in [2.75, 3.05) is 25.6 Å². The van der Waals surface area contributed by atoms with Gasteiger partial charge in [0.15, 0.2) is 5.78 Å². The lowest BCUT2D eigenvalue weighted by Gasteiger charge is -2.19. The fourth-order valence-electron chi connectivity index (χ4n) is 2.16. The van der Waals surface area contributed by atoms with Gasteiger partial charge in [0.25, 0.3) is 0 Å². The number of carbonyl (C=O) groups is 1. The molecule has 21 heavy (non-hydrogen) atoms. The van der Waals surface area contributed by atoms with E-state index in [0.29, 0.717) is 6.54 Å². The fourth-order valence-corrected chi connectivity index (χ4v) is 2.16. The van der Waals surface area contributed by atoms with Gasteiger partial charge in [0.2, 0.25) is 0 Å². The Morgan fingerprint density at radius 3 is 2.52 bits per heavy atom. The number of hydrogen-bond acceptors (Lipinski definition) is 3. The van der Waals surface area contributed by atoms with E-state index in [2.05, 4.69) is 0 Å². The zero-order valence-electron chi connectivity index (χ0n) is 13.0. The molecule has 0 spiro atoms. The topological polar surface area (TPSA) is 29.5 Å². The van der Waals surface area contributed by atoms with Gasteiger partial charge in [-0.1, -0.05) is 18.2 Å². The van der Waals surface area contributed by atoms with E-state index in [4.69, 9.17) is 4.74 Å². The Kier molecular flexibility index (Phi) is 4.63. The van der Waals surface area contributed by atoms with E-state index in [1.165, 1.54) is 5.56 Å². The first-order valence-electron chi connectivity index (χ1n) is 6.97. The lowest BCUT2D eigenvalue weighted by Crippen LogP contribution is -2.25. The van der Waals surface area contributed by atoms with Crippen LogP contribution in [0.3, 0.4) is 0 Å². The molecule has 0 fully saturated rings. The normalized spacial score (nSPS) is 10.3. The summed E-state index contributed by atoms with van der Waals surface area (Å²) in [6.07, 6.45) is 0. The maximum absolute atomic E-state index is 12.4. The average Bonchev–Trinajstić information content (AvgIpc) is 2.49. The molecule has 0 atom stereocenters. The molecule has 2 aromatic carbocycles. The van der Waals surface area contributed by atoms with Crippen LogP contribution < -0.4 is 9.64 Å². The summed E-state index contributed by atoms with van der Waals surface area (Å²) >= 11 is 0. The highest BCUT2D eigenvalue weighted by Crippen LogP contribution is 2.20. The summed E-state index contributed by atoms with van der Waals surface area (Å²) in [5.41, 5.74) is 4.07. The van der Waals surface area contributed by atoms with Crippen LogP contribution in [0.4, 0.5) is 5.69 Å². The molecule has 0 N–H and O–H groups in total. The Morgan fingerprint density at radius 2 is 1.86 bits per heavy atom. The molecule has 0 aliphatic heterocycles. The molecule has 0 radical (unpaired) electrons. The van der Waals surface area contributed by atoms with Gasteiger partial charge in [0, 0.05) is 24.4 Å². The number of carbonyl (C=O) groups excluding carboxylic acids is 1. The second kappa shape index (κ2) is 6.44. The van der Waals surface area contributed by atoms with Crippen LogP contribution >= 0.6 is 0 Å². The highest BCUT2D eigenvalue weighted by Gasteiger charge is 2.11. The number of hydrogen-bond donors (Lipinski definition) is 0. The van der Waals surface area contributed by atoms with E-state index >= 15 is 0 Å². The third kappa shape index (κ3) is 3.63. The van der Waals surface area contributed by atoms with E-state index < -0.39 is 0 Å². The van der Waals surface area contributed by atoms with Crippen LogP contribution in [0, 0.1) is 13.8 Å². The van der Waals surface area contributed by atoms with Crippen molar-refractivity contribution in [1.82, 2.24) is 0 Å². The maximum Gasteiger partial charge on any atom is 0.182 e. The lowest BCUT2D eigenvalue weighted by atomic mass is 10.0. The predicted molar refractivity (Wildman–Crippen MR) is 86.5 cm³/mol.